The fraction of sp³-hybridized carbons (Fsp3) is 0.471. The topological polar surface area (TPSA) is 48.0 Å². The van der Waals surface area contributed by atoms with Gasteiger partial charge in [0.2, 0.25) is 5.91 Å². The summed E-state index contributed by atoms with van der Waals surface area (Å²) in [6, 6.07) is 5.52. The molecule has 0 saturated heterocycles. The minimum absolute atomic E-state index is 0.276. The summed E-state index contributed by atoms with van der Waals surface area (Å²) in [5.41, 5.74) is 7.02. The van der Waals surface area contributed by atoms with Crippen LogP contribution in [0.15, 0.2) is 22.7 Å². The maximum Gasteiger partial charge on any atom is 0.227 e. The number of carbonyl (C=O) groups excluding carboxylic acids is 1. The molecule has 5 heteroatoms. The van der Waals surface area contributed by atoms with Gasteiger partial charge in [0.1, 0.15) is 5.82 Å². The van der Waals surface area contributed by atoms with Crippen LogP contribution in [0, 0.1) is 11.2 Å². The first-order valence-corrected chi connectivity index (χ1v) is 8.28. The van der Waals surface area contributed by atoms with E-state index in [0.717, 1.165) is 24.1 Å². The summed E-state index contributed by atoms with van der Waals surface area (Å²) in [5.74, 6) is -1.09. The Labute approximate surface area is 137 Å². The predicted octanol–water partition coefficient (Wildman–Crippen LogP) is 4.49. The molecule has 2 N–H and O–H groups in total. The number of hydrogen-bond donors (Lipinski definition) is 1. The number of fused-ring (bicyclic) bond motifs is 1. The van der Waals surface area contributed by atoms with Crippen molar-refractivity contribution < 1.29 is 9.18 Å². The number of nitrogens with zero attached hydrogens (tertiary/aromatic N) is 1. The number of halogens is 2. The number of primary amides is 1. The fourth-order valence-electron chi connectivity index (χ4n) is 3.25. The zero-order valence-corrected chi connectivity index (χ0v) is 14.6. The molecule has 1 aliphatic carbocycles. The number of aromatic nitrogens is 1. The molecule has 1 saturated carbocycles. The van der Waals surface area contributed by atoms with E-state index in [2.05, 4.69) is 20.5 Å². The maximum atomic E-state index is 14.3. The van der Waals surface area contributed by atoms with Crippen molar-refractivity contribution in [2.75, 3.05) is 0 Å². The van der Waals surface area contributed by atoms with Crippen molar-refractivity contribution in [3.8, 4) is 0 Å². The van der Waals surface area contributed by atoms with Gasteiger partial charge in [0.05, 0.1) is 11.4 Å². The van der Waals surface area contributed by atoms with Crippen LogP contribution >= 0.6 is 15.9 Å². The van der Waals surface area contributed by atoms with Crippen LogP contribution in [0.2, 0.25) is 0 Å². The molecule has 0 bridgehead atoms. The molecule has 0 aliphatic heterocycles. The minimum atomic E-state index is -0.446. The molecule has 1 fully saturated rings. The van der Waals surface area contributed by atoms with Gasteiger partial charge in [0.25, 0.3) is 0 Å². The second-order valence-electron chi connectivity index (χ2n) is 7.19. The van der Waals surface area contributed by atoms with Gasteiger partial charge in [-0.05, 0) is 36.5 Å². The lowest BCUT2D eigenvalue weighted by atomic mass is 9.78. The molecule has 1 amide bonds. The van der Waals surface area contributed by atoms with Crippen molar-refractivity contribution in [2.45, 2.75) is 45.6 Å². The summed E-state index contributed by atoms with van der Waals surface area (Å²) in [7, 11) is 0. The molecule has 1 unspecified atom stereocenters. The highest BCUT2D eigenvalue weighted by Gasteiger charge is 2.38. The van der Waals surface area contributed by atoms with Crippen molar-refractivity contribution in [1.82, 2.24) is 4.57 Å². The molecule has 1 atom stereocenters. The van der Waals surface area contributed by atoms with Crippen LogP contribution in [0.4, 0.5) is 4.39 Å². The molecule has 1 aliphatic rings. The molecule has 0 radical (unpaired) electrons. The van der Waals surface area contributed by atoms with Crippen LogP contribution in [0.25, 0.3) is 10.9 Å². The van der Waals surface area contributed by atoms with E-state index >= 15 is 0 Å². The van der Waals surface area contributed by atoms with Gasteiger partial charge >= 0.3 is 0 Å². The lowest BCUT2D eigenvalue weighted by molar-refractivity contribution is -0.121. The van der Waals surface area contributed by atoms with E-state index in [1.54, 1.807) is 6.07 Å². The second-order valence-corrected chi connectivity index (χ2v) is 8.11. The standard InChI is InChI=1S/C17H20BrFN2O/c1-17(2,3)15(16(20)22)14-8-11-12(19)6-9(18)7-13(11)21(14)10-4-5-10/h6-8,10,15H,4-5H2,1-3H3,(H2,20,22). The first-order valence-electron chi connectivity index (χ1n) is 7.49. The second kappa shape index (κ2) is 5.08. The van der Waals surface area contributed by atoms with Crippen LogP contribution in [0.1, 0.15) is 51.3 Å². The summed E-state index contributed by atoms with van der Waals surface area (Å²) >= 11 is 3.36. The average Bonchev–Trinajstić information content (AvgIpc) is 3.10. The zero-order chi connectivity index (χ0) is 16.2. The molecular weight excluding hydrogens is 347 g/mol. The molecule has 1 aromatic heterocycles. The molecule has 1 aromatic carbocycles. The van der Waals surface area contributed by atoms with E-state index in [4.69, 9.17) is 5.73 Å². The average molecular weight is 367 g/mol. The van der Waals surface area contributed by atoms with E-state index in [9.17, 15) is 9.18 Å². The number of benzene rings is 1. The largest absolute Gasteiger partial charge is 0.369 e. The Bertz CT molecular complexity index is 756. The Morgan fingerprint density at radius 3 is 2.50 bits per heavy atom. The van der Waals surface area contributed by atoms with Gasteiger partial charge in [-0.25, -0.2) is 4.39 Å². The smallest absolute Gasteiger partial charge is 0.227 e. The van der Waals surface area contributed by atoms with Gasteiger partial charge < -0.3 is 10.3 Å². The molecule has 2 aromatic rings. The number of amides is 1. The molecule has 118 valence electrons. The SMILES string of the molecule is CC(C)(C)C(C(N)=O)c1cc2c(F)cc(Br)cc2n1C1CC1. The van der Waals surface area contributed by atoms with E-state index in [1.807, 2.05) is 26.8 Å². The van der Waals surface area contributed by atoms with E-state index < -0.39 is 5.92 Å². The van der Waals surface area contributed by atoms with Gasteiger partial charge in [0.15, 0.2) is 0 Å². The summed E-state index contributed by atoms with van der Waals surface area (Å²) in [5, 5.41) is 0.556. The highest BCUT2D eigenvalue weighted by atomic mass is 79.9. The predicted molar refractivity (Wildman–Crippen MR) is 89.3 cm³/mol. The van der Waals surface area contributed by atoms with Crippen LogP contribution in [-0.2, 0) is 4.79 Å². The number of hydrogen-bond acceptors (Lipinski definition) is 1. The summed E-state index contributed by atoms with van der Waals surface area (Å²) in [6.45, 7) is 5.97. The zero-order valence-electron chi connectivity index (χ0n) is 13.0. The monoisotopic (exact) mass is 366 g/mol. The molecule has 0 spiro atoms. The molecule has 3 nitrogen and oxygen atoms in total. The van der Waals surface area contributed by atoms with Crippen LogP contribution in [0.3, 0.4) is 0 Å². The Morgan fingerprint density at radius 2 is 2.00 bits per heavy atom. The number of rotatable bonds is 3. The number of carbonyl (C=O) groups is 1. The van der Waals surface area contributed by atoms with E-state index in [-0.39, 0.29) is 17.1 Å². The highest BCUT2D eigenvalue weighted by Crippen LogP contribution is 2.45. The van der Waals surface area contributed by atoms with E-state index in [0.29, 0.717) is 15.9 Å². The van der Waals surface area contributed by atoms with Crippen molar-refractivity contribution in [3.05, 3.63) is 34.2 Å². The lowest BCUT2D eigenvalue weighted by Crippen LogP contribution is -2.33. The molecular formula is C17H20BrFN2O. The van der Waals surface area contributed by atoms with Gasteiger partial charge in [-0.3, -0.25) is 4.79 Å². The first kappa shape index (κ1) is 15.5. The quantitative estimate of drug-likeness (QED) is 0.854. The van der Waals surface area contributed by atoms with Gasteiger partial charge in [0, 0.05) is 21.6 Å². The van der Waals surface area contributed by atoms with Gasteiger partial charge in [-0.1, -0.05) is 36.7 Å². The summed E-state index contributed by atoms with van der Waals surface area (Å²) < 4.78 is 17.1. The third kappa shape index (κ3) is 2.56. The lowest BCUT2D eigenvalue weighted by Gasteiger charge is -2.29. The van der Waals surface area contributed by atoms with E-state index in [1.165, 1.54) is 6.07 Å². The Kier molecular flexibility index (Phi) is 3.59. The van der Waals surface area contributed by atoms with Crippen LogP contribution in [-0.4, -0.2) is 10.5 Å². The third-order valence-corrected chi connectivity index (χ3v) is 4.72. The van der Waals surface area contributed by atoms with Crippen molar-refractivity contribution in [3.63, 3.8) is 0 Å². The van der Waals surface area contributed by atoms with Crippen LogP contribution < -0.4 is 5.73 Å². The molecule has 1 heterocycles. The number of nitrogens with two attached hydrogens (primary N) is 1. The van der Waals surface area contributed by atoms with Crippen molar-refractivity contribution in [1.29, 1.82) is 0 Å². The van der Waals surface area contributed by atoms with Gasteiger partial charge in [-0.15, -0.1) is 0 Å². The summed E-state index contributed by atoms with van der Waals surface area (Å²) in [4.78, 5) is 12.1. The minimum Gasteiger partial charge on any atom is -0.369 e. The normalized spacial score (nSPS) is 17.0. The van der Waals surface area contributed by atoms with Crippen molar-refractivity contribution >= 4 is 32.7 Å². The summed E-state index contributed by atoms with van der Waals surface area (Å²) in [6.07, 6.45) is 2.11. The Hall–Kier alpha value is -1.36. The third-order valence-electron chi connectivity index (χ3n) is 4.26. The molecule has 3 rings (SSSR count). The fourth-order valence-corrected chi connectivity index (χ4v) is 3.67. The Balaban J connectivity index is 2.31. The van der Waals surface area contributed by atoms with Crippen molar-refractivity contribution in [2.24, 2.45) is 11.1 Å². The highest BCUT2D eigenvalue weighted by molar-refractivity contribution is 9.10. The first-order chi connectivity index (χ1) is 10.2. The Morgan fingerprint density at radius 1 is 1.36 bits per heavy atom. The van der Waals surface area contributed by atoms with Crippen LogP contribution in [0.5, 0.6) is 0 Å². The van der Waals surface area contributed by atoms with Gasteiger partial charge in [-0.2, -0.15) is 0 Å². The maximum absolute atomic E-state index is 14.3. The molecule has 22 heavy (non-hydrogen) atoms.